The van der Waals surface area contributed by atoms with Gasteiger partial charge in [0.15, 0.2) is 0 Å². The van der Waals surface area contributed by atoms with Crippen molar-refractivity contribution in [1.29, 1.82) is 0 Å². The second-order valence-electron chi connectivity index (χ2n) is 5.97. The highest BCUT2D eigenvalue weighted by Gasteiger charge is 2.45. The lowest BCUT2D eigenvalue weighted by atomic mass is 9.73. The molecule has 2 nitrogen and oxygen atoms in total. The summed E-state index contributed by atoms with van der Waals surface area (Å²) in [5, 5.41) is 2.89. The topological polar surface area (TPSA) is 29.1 Å². The van der Waals surface area contributed by atoms with Crippen LogP contribution in [0.4, 0.5) is 8.78 Å². The van der Waals surface area contributed by atoms with Gasteiger partial charge in [0.1, 0.15) is 11.6 Å². The molecule has 1 saturated heterocycles. The van der Waals surface area contributed by atoms with E-state index in [1.807, 2.05) is 20.8 Å². The number of halogens is 2. The van der Waals surface area contributed by atoms with Crippen molar-refractivity contribution in [3.8, 4) is 0 Å². The third-order valence-electron chi connectivity index (χ3n) is 3.88. The summed E-state index contributed by atoms with van der Waals surface area (Å²) < 4.78 is 27.4. The molecule has 19 heavy (non-hydrogen) atoms. The Morgan fingerprint density at radius 3 is 2.74 bits per heavy atom. The molecule has 1 aromatic carbocycles. The molecule has 1 amide bonds. The van der Waals surface area contributed by atoms with Crippen LogP contribution in [0.15, 0.2) is 18.2 Å². The SMILES string of the molecule is CC(C)CC1NC(=O)CC1(C)c1cc(F)ccc1F. The van der Waals surface area contributed by atoms with Crippen LogP contribution in [0, 0.1) is 17.6 Å². The van der Waals surface area contributed by atoms with E-state index in [0.717, 1.165) is 18.6 Å². The fraction of sp³-hybridized carbons (Fsp3) is 0.533. The molecule has 1 aromatic rings. The fourth-order valence-electron chi connectivity index (χ4n) is 2.87. The second kappa shape index (κ2) is 4.91. The minimum atomic E-state index is -0.687. The van der Waals surface area contributed by atoms with Gasteiger partial charge in [-0.25, -0.2) is 8.78 Å². The summed E-state index contributed by atoms with van der Waals surface area (Å²) in [5.41, 5.74) is -0.399. The molecule has 2 unspecified atom stereocenters. The molecular weight excluding hydrogens is 248 g/mol. The zero-order valence-electron chi connectivity index (χ0n) is 11.5. The van der Waals surface area contributed by atoms with E-state index in [0.29, 0.717) is 5.92 Å². The van der Waals surface area contributed by atoms with Crippen LogP contribution in [-0.4, -0.2) is 11.9 Å². The first-order valence-electron chi connectivity index (χ1n) is 6.58. The van der Waals surface area contributed by atoms with Crippen molar-refractivity contribution in [3.05, 3.63) is 35.4 Å². The van der Waals surface area contributed by atoms with Gasteiger partial charge < -0.3 is 5.32 Å². The highest BCUT2D eigenvalue weighted by molar-refractivity contribution is 5.81. The van der Waals surface area contributed by atoms with Gasteiger partial charge >= 0.3 is 0 Å². The summed E-state index contributed by atoms with van der Waals surface area (Å²) >= 11 is 0. The molecule has 1 aliphatic rings. The van der Waals surface area contributed by atoms with Gasteiger partial charge in [-0.2, -0.15) is 0 Å². The second-order valence-corrected chi connectivity index (χ2v) is 5.97. The van der Waals surface area contributed by atoms with Crippen molar-refractivity contribution >= 4 is 5.91 Å². The van der Waals surface area contributed by atoms with Gasteiger partial charge in [-0.1, -0.05) is 20.8 Å². The van der Waals surface area contributed by atoms with Crippen molar-refractivity contribution in [2.24, 2.45) is 5.92 Å². The Hall–Kier alpha value is -1.45. The lowest BCUT2D eigenvalue weighted by Crippen LogP contribution is -2.40. The Morgan fingerprint density at radius 1 is 1.42 bits per heavy atom. The third kappa shape index (κ3) is 2.62. The first-order valence-corrected chi connectivity index (χ1v) is 6.58. The summed E-state index contributed by atoms with van der Waals surface area (Å²) in [7, 11) is 0. The summed E-state index contributed by atoms with van der Waals surface area (Å²) in [6.45, 7) is 5.93. The number of hydrogen-bond donors (Lipinski definition) is 1. The largest absolute Gasteiger partial charge is 0.352 e. The number of amides is 1. The fourth-order valence-corrected chi connectivity index (χ4v) is 2.87. The van der Waals surface area contributed by atoms with E-state index in [9.17, 15) is 13.6 Å². The Bertz CT molecular complexity index is 501. The summed E-state index contributed by atoms with van der Waals surface area (Å²) in [6.07, 6.45) is 0.947. The highest BCUT2D eigenvalue weighted by atomic mass is 19.1. The first-order chi connectivity index (χ1) is 8.83. The lowest BCUT2D eigenvalue weighted by molar-refractivity contribution is -0.119. The van der Waals surface area contributed by atoms with Crippen LogP contribution in [-0.2, 0) is 10.2 Å². The molecule has 2 atom stereocenters. The van der Waals surface area contributed by atoms with Crippen molar-refractivity contribution in [2.75, 3.05) is 0 Å². The van der Waals surface area contributed by atoms with Gasteiger partial charge in [-0.05, 0) is 36.1 Å². The van der Waals surface area contributed by atoms with E-state index >= 15 is 0 Å². The van der Waals surface area contributed by atoms with Gasteiger partial charge in [0.25, 0.3) is 0 Å². The maximum Gasteiger partial charge on any atom is 0.221 e. The molecule has 104 valence electrons. The van der Waals surface area contributed by atoms with Gasteiger partial charge in [-0.15, -0.1) is 0 Å². The van der Waals surface area contributed by atoms with E-state index in [1.54, 1.807) is 0 Å². The molecule has 0 bridgehead atoms. The molecule has 4 heteroatoms. The molecule has 0 aromatic heterocycles. The molecule has 1 N–H and O–H groups in total. The lowest BCUT2D eigenvalue weighted by Gasteiger charge is -2.32. The molecular formula is C15H19F2NO. The number of carbonyl (C=O) groups is 1. The summed E-state index contributed by atoms with van der Waals surface area (Å²) in [6, 6.07) is 3.29. The van der Waals surface area contributed by atoms with Crippen LogP contribution in [0.3, 0.4) is 0 Å². The summed E-state index contributed by atoms with van der Waals surface area (Å²) in [5.74, 6) is -0.648. The maximum atomic E-state index is 14.0. The minimum Gasteiger partial charge on any atom is -0.352 e. The molecule has 1 fully saturated rings. The van der Waals surface area contributed by atoms with Crippen LogP contribution in [0.2, 0.25) is 0 Å². The predicted molar refractivity (Wildman–Crippen MR) is 69.7 cm³/mol. The van der Waals surface area contributed by atoms with Gasteiger partial charge in [0, 0.05) is 17.9 Å². The van der Waals surface area contributed by atoms with Crippen LogP contribution in [0.1, 0.15) is 39.2 Å². The van der Waals surface area contributed by atoms with Crippen molar-refractivity contribution in [2.45, 2.75) is 45.1 Å². The number of rotatable bonds is 3. The Balaban J connectivity index is 2.43. The maximum absolute atomic E-state index is 14.0. The molecule has 0 saturated carbocycles. The van der Waals surface area contributed by atoms with Crippen LogP contribution >= 0.6 is 0 Å². The van der Waals surface area contributed by atoms with Crippen molar-refractivity contribution < 1.29 is 13.6 Å². The molecule has 0 aliphatic carbocycles. The third-order valence-corrected chi connectivity index (χ3v) is 3.88. The van der Waals surface area contributed by atoms with E-state index in [1.165, 1.54) is 6.07 Å². The molecule has 2 rings (SSSR count). The standard InChI is InChI=1S/C15H19F2NO/c1-9(2)6-13-15(3,8-14(19)18-13)11-7-10(16)4-5-12(11)17/h4-5,7,9,13H,6,8H2,1-3H3,(H,18,19). The number of hydrogen-bond acceptors (Lipinski definition) is 1. The number of nitrogens with one attached hydrogen (secondary N) is 1. The Morgan fingerprint density at radius 2 is 2.11 bits per heavy atom. The van der Waals surface area contributed by atoms with Crippen molar-refractivity contribution in [3.63, 3.8) is 0 Å². The van der Waals surface area contributed by atoms with Gasteiger partial charge in [0.05, 0.1) is 0 Å². The quantitative estimate of drug-likeness (QED) is 0.895. The van der Waals surface area contributed by atoms with Crippen LogP contribution < -0.4 is 5.32 Å². The Labute approximate surface area is 112 Å². The van der Waals surface area contributed by atoms with E-state index < -0.39 is 17.0 Å². The van der Waals surface area contributed by atoms with Gasteiger partial charge in [0.2, 0.25) is 5.91 Å². The summed E-state index contributed by atoms with van der Waals surface area (Å²) in [4.78, 5) is 11.7. The van der Waals surface area contributed by atoms with E-state index in [-0.39, 0.29) is 23.9 Å². The molecule has 1 heterocycles. The molecule has 0 radical (unpaired) electrons. The molecule has 0 spiro atoms. The van der Waals surface area contributed by atoms with E-state index in [2.05, 4.69) is 5.32 Å². The first kappa shape index (κ1) is 14.0. The highest BCUT2D eigenvalue weighted by Crippen LogP contribution is 2.39. The Kier molecular flexibility index (Phi) is 3.61. The molecule has 1 aliphatic heterocycles. The zero-order valence-corrected chi connectivity index (χ0v) is 11.5. The van der Waals surface area contributed by atoms with E-state index in [4.69, 9.17) is 0 Å². The number of benzene rings is 1. The monoisotopic (exact) mass is 267 g/mol. The number of carbonyl (C=O) groups excluding carboxylic acids is 1. The van der Waals surface area contributed by atoms with Gasteiger partial charge in [-0.3, -0.25) is 4.79 Å². The smallest absolute Gasteiger partial charge is 0.221 e. The zero-order chi connectivity index (χ0) is 14.2. The van der Waals surface area contributed by atoms with Crippen molar-refractivity contribution in [1.82, 2.24) is 5.32 Å². The average Bonchev–Trinajstić information content (AvgIpc) is 2.57. The normalized spacial score (nSPS) is 26.8. The van der Waals surface area contributed by atoms with Crippen LogP contribution in [0.25, 0.3) is 0 Å². The minimum absolute atomic E-state index is 0.100. The van der Waals surface area contributed by atoms with Crippen LogP contribution in [0.5, 0.6) is 0 Å². The predicted octanol–water partition coefficient (Wildman–Crippen LogP) is 3.16. The average molecular weight is 267 g/mol.